The lowest BCUT2D eigenvalue weighted by atomic mass is 9.49. The Morgan fingerprint density at radius 2 is 1.82 bits per heavy atom. The van der Waals surface area contributed by atoms with Crippen LogP contribution in [0.2, 0.25) is 0 Å². The van der Waals surface area contributed by atoms with E-state index >= 15 is 0 Å². The van der Waals surface area contributed by atoms with E-state index < -0.39 is 26.8 Å². The number of hydrogen-bond acceptors (Lipinski definition) is 5. The molecule has 9 heteroatoms. The fraction of sp³-hybridized carbons (Fsp3) is 0.846. The molecule has 2 atom stereocenters. The van der Waals surface area contributed by atoms with Crippen molar-refractivity contribution in [2.24, 2.45) is 23.2 Å². The molecular formula is C13H16F2O6S. The predicted octanol–water partition coefficient (Wildman–Crippen LogP) is 1.41. The fourth-order valence-electron chi connectivity index (χ4n) is 4.49. The second kappa shape index (κ2) is 4.70. The van der Waals surface area contributed by atoms with Gasteiger partial charge in [0.2, 0.25) is 0 Å². The topological polar surface area (TPSA) is 97.7 Å². The molecule has 4 aliphatic carbocycles. The lowest BCUT2D eigenvalue weighted by Gasteiger charge is -2.55. The van der Waals surface area contributed by atoms with E-state index in [0.717, 1.165) is 12.8 Å². The van der Waals surface area contributed by atoms with E-state index in [2.05, 4.69) is 4.74 Å². The van der Waals surface area contributed by atoms with Gasteiger partial charge in [0.15, 0.2) is 0 Å². The van der Waals surface area contributed by atoms with Crippen LogP contribution in [0, 0.1) is 23.2 Å². The van der Waals surface area contributed by atoms with Gasteiger partial charge in [-0.25, -0.2) is 4.79 Å². The third-order valence-corrected chi connectivity index (χ3v) is 6.01. The van der Waals surface area contributed by atoms with E-state index in [0.29, 0.717) is 25.2 Å². The van der Waals surface area contributed by atoms with Crippen molar-refractivity contribution in [3.05, 3.63) is 0 Å². The highest BCUT2D eigenvalue weighted by molar-refractivity contribution is 7.87. The monoisotopic (exact) mass is 338 g/mol. The second-order valence-electron chi connectivity index (χ2n) is 6.81. The maximum Gasteiger partial charge on any atom is 0.465 e. The van der Waals surface area contributed by atoms with Gasteiger partial charge in [-0.2, -0.15) is 17.2 Å². The van der Waals surface area contributed by atoms with Crippen LogP contribution in [0.15, 0.2) is 0 Å². The summed E-state index contributed by atoms with van der Waals surface area (Å²) >= 11 is 0. The fourth-order valence-corrected chi connectivity index (χ4v) is 4.76. The first-order valence-electron chi connectivity index (χ1n) is 7.10. The first-order chi connectivity index (χ1) is 10.0. The highest BCUT2D eigenvalue weighted by atomic mass is 32.2. The van der Waals surface area contributed by atoms with E-state index in [1.54, 1.807) is 0 Å². The molecule has 0 saturated heterocycles. The Bertz CT molecular complexity index is 610. The molecule has 4 saturated carbocycles. The molecule has 0 radical (unpaired) electrons. The number of ether oxygens (including phenoxy) is 1. The van der Waals surface area contributed by atoms with Gasteiger partial charge < -0.3 is 4.74 Å². The average molecular weight is 338 g/mol. The normalized spacial score (nSPS) is 37.4. The van der Waals surface area contributed by atoms with Crippen molar-refractivity contribution in [2.75, 3.05) is 6.61 Å². The summed E-state index contributed by atoms with van der Waals surface area (Å²) < 4.78 is 60.3. The molecule has 4 rings (SSSR count). The Kier molecular flexibility index (Phi) is 3.38. The Morgan fingerprint density at radius 1 is 1.27 bits per heavy atom. The van der Waals surface area contributed by atoms with Crippen LogP contribution < -0.4 is 0 Å². The van der Waals surface area contributed by atoms with Crippen LogP contribution in [0.4, 0.5) is 8.78 Å². The van der Waals surface area contributed by atoms with E-state index in [-0.39, 0.29) is 24.2 Å². The smallest absolute Gasteiger partial charge is 0.460 e. The SMILES string of the molecule is O=C1C2CC3CC1CC(COC(=O)C(F)(F)S(=O)(=O)O)(C3)C2. The van der Waals surface area contributed by atoms with Crippen LogP contribution in [-0.4, -0.2) is 36.6 Å². The molecule has 0 aromatic rings. The van der Waals surface area contributed by atoms with Crippen molar-refractivity contribution in [2.45, 2.75) is 37.4 Å². The number of esters is 1. The summed E-state index contributed by atoms with van der Waals surface area (Å²) in [6.45, 7) is -0.340. The van der Waals surface area contributed by atoms with Gasteiger partial charge in [-0.05, 0) is 38.0 Å². The highest BCUT2D eigenvalue weighted by Gasteiger charge is 2.58. The molecule has 22 heavy (non-hydrogen) atoms. The molecule has 2 unspecified atom stereocenters. The van der Waals surface area contributed by atoms with Crippen LogP contribution in [0.5, 0.6) is 0 Å². The van der Waals surface area contributed by atoms with Crippen molar-refractivity contribution in [1.29, 1.82) is 0 Å². The van der Waals surface area contributed by atoms with Gasteiger partial charge >= 0.3 is 21.3 Å². The van der Waals surface area contributed by atoms with Gasteiger partial charge in [-0.1, -0.05) is 0 Å². The number of Topliss-reactive ketones (excluding diaryl/α,β-unsaturated/α-hetero) is 1. The number of rotatable bonds is 4. The summed E-state index contributed by atoms with van der Waals surface area (Å²) in [6, 6.07) is 0. The second-order valence-corrected chi connectivity index (χ2v) is 8.28. The molecule has 0 spiro atoms. The first kappa shape index (κ1) is 15.8. The molecule has 4 bridgehead atoms. The van der Waals surface area contributed by atoms with Crippen LogP contribution in [0.25, 0.3) is 0 Å². The summed E-state index contributed by atoms with van der Waals surface area (Å²) in [4.78, 5) is 23.3. The molecule has 4 fully saturated rings. The molecule has 0 heterocycles. The van der Waals surface area contributed by atoms with Gasteiger partial charge in [0, 0.05) is 17.3 Å². The van der Waals surface area contributed by atoms with Gasteiger partial charge in [-0.15, -0.1) is 0 Å². The van der Waals surface area contributed by atoms with Crippen molar-refractivity contribution >= 4 is 21.9 Å². The van der Waals surface area contributed by atoms with Crippen molar-refractivity contribution in [3.8, 4) is 0 Å². The number of halogens is 2. The van der Waals surface area contributed by atoms with Gasteiger partial charge in [0.05, 0.1) is 6.61 Å². The maximum atomic E-state index is 13.2. The minimum atomic E-state index is -5.85. The van der Waals surface area contributed by atoms with E-state index in [9.17, 15) is 26.8 Å². The number of hydrogen-bond donors (Lipinski definition) is 1. The summed E-state index contributed by atoms with van der Waals surface area (Å²) in [5, 5.41) is -4.97. The Labute approximate surface area is 125 Å². The molecule has 0 amide bonds. The third-order valence-electron chi connectivity index (χ3n) is 5.19. The largest absolute Gasteiger partial charge is 0.465 e. The quantitative estimate of drug-likeness (QED) is 0.615. The molecule has 0 aromatic heterocycles. The highest BCUT2D eigenvalue weighted by Crippen LogP contribution is 2.58. The van der Waals surface area contributed by atoms with E-state index in [4.69, 9.17) is 4.55 Å². The Morgan fingerprint density at radius 3 is 2.32 bits per heavy atom. The van der Waals surface area contributed by atoms with Gasteiger partial charge in [0.25, 0.3) is 0 Å². The van der Waals surface area contributed by atoms with Crippen LogP contribution in [-0.2, 0) is 24.4 Å². The number of carbonyl (C=O) groups excluding carboxylic acids is 2. The van der Waals surface area contributed by atoms with Crippen LogP contribution in [0.3, 0.4) is 0 Å². The Balaban J connectivity index is 1.70. The van der Waals surface area contributed by atoms with Crippen LogP contribution in [0.1, 0.15) is 32.1 Å². The minimum absolute atomic E-state index is 0.105. The predicted molar refractivity (Wildman–Crippen MR) is 68.4 cm³/mol. The van der Waals surface area contributed by atoms with E-state index in [1.807, 2.05) is 0 Å². The standard InChI is InChI=1S/C13H16F2O6S/c14-13(15,22(18,19)20)11(17)21-6-12-3-7-1-8(4-12)10(16)9(2-7)5-12/h7-9H,1-6H2,(H,18,19,20). The molecule has 1 N–H and O–H groups in total. The van der Waals surface area contributed by atoms with Gasteiger partial charge in [-0.3, -0.25) is 9.35 Å². The van der Waals surface area contributed by atoms with Crippen molar-refractivity contribution in [3.63, 3.8) is 0 Å². The van der Waals surface area contributed by atoms with E-state index in [1.165, 1.54) is 0 Å². The van der Waals surface area contributed by atoms with Crippen molar-refractivity contribution < 1.29 is 36.1 Å². The molecule has 6 nitrogen and oxygen atoms in total. The summed E-state index contributed by atoms with van der Waals surface area (Å²) in [5.74, 6) is -1.94. The molecule has 4 aliphatic rings. The average Bonchev–Trinajstić information content (AvgIpc) is 2.40. The lowest BCUT2D eigenvalue weighted by molar-refractivity contribution is -0.173. The summed E-state index contributed by atoms with van der Waals surface area (Å²) in [6.07, 6.45) is 3.27. The van der Waals surface area contributed by atoms with Crippen molar-refractivity contribution in [1.82, 2.24) is 0 Å². The number of ketones is 1. The first-order valence-corrected chi connectivity index (χ1v) is 8.54. The summed E-state index contributed by atoms with van der Waals surface area (Å²) in [7, 11) is -5.85. The van der Waals surface area contributed by atoms with Gasteiger partial charge in [0.1, 0.15) is 5.78 Å². The van der Waals surface area contributed by atoms with Crippen LogP contribution >= 0.6 is 0 Å². The molecule has 124 valence electrons. The Hall–Kier alpha value is -1.09. The third kappa shape index (κ3) is 2.34. The zero-order chi connectivity index (χ0) is 16.3. The number of carbonyl (C=O) groups is 2. The molecular weight excluding hydrogens is 322 g/mol. The zero-order valence-electron chi connectivity index (χ0n) is 11.6. The zero-order valence-corrected chi connectivity index (χ0v) is 12.4. The minimum Gasteiger partial charge on any atom is -0.460 e. The lowest BCUT2D eigenvalue weighted by Crippen LogP contribution is -2.53. The molecule has 0 aliphatic heterocycles. The summed E-state index contributed by atoms with van der Waals surface area (Å²) in [5.41, 5.74) is -0.518. The molecule has 0 aromatic carbocycles. The maximum absolute atomic E-state index is 13.2. The number of alkyl halides is 2.